The summed E-state index contributed by atoms with van der Waals surface area (Å²) < 4.78 is 1.78. The van der Waals surface area contributed by atoms with Crippen LogP contribution in [0.25, 0.3) is 0 Å². The molecule has 0 aliphatic rings. The molecule has 1 rings (SSSR count). The third-order valence-electron chi connectivity index (χ3n) is 2.80. The number of aliphatic hydroxyl groups excluding tert-OH is 1. The number of aryl methyl sites for hydroxylation is 1. The first-order valence-electron chi connectivity index (χ1n) is 7.31. The van der Waals surface area contributed by atoms with E-state index in [0.29, 0.717) is 32.6 Å². The van der Waals surface area contributed by atoms with E-state index in [9.17, 15) is 4.79 Å². The average Bonchev–Trinajstić information content (AvgIpc) is 2.88. The Morgan fingerprint density at radius 3 is 3.00 bits per heavy atom. The Labute approximate surface area is 125 Å². The van der Waals surface area contributed by atoms with Gasteiger partial charge in [0.05, 0.1) is 11.8 Å². The molecule has 4 N–H and O–H groups in total. The van der Waals surface area contributed by atoms with Crippen LogP contribution in [0, 0.1) is 0 Å². The topological polar surface area (TPSA) is 104 Å². The van der Waals surface area contributed by atoms with Crippen molar-refractivity contribution in [3.8, 4) is 0 Å². The Bertz CT molecular complexity index is 407. The van der Waals surface area contributed by atoms with E-state index >= 15 is 0 Å². The summed E-state index contributed by atoms with van der Waals surface area (Å²) >= 11 is 0. The minimum Gasteiger partial charge on any atom is -0.392 e. The maximum Gasteiger partial charge on any atom is 0.221 e. The number of nitrogens with one attached hydrogen (secondary N) is 3. The molecule has 120 valence electrons. The molecule has 1 aromatic heterocycles. The molecule has 0 aliphatic carbocycles. The summed E-state index contributed by atoms with van der Waals surface area (Å²) in [4.78, 5) is 11.5. The Morgan fingerprint density at radius 2 is 2.29 bits per heavy atom. The zero-order valence-corrected chi connectivity index (χ0v) is 12.8. The van der Waals surface area contributed by atoms with Crippen LogP contribution in [-0.2, 0) is 17.9 Å². The second-order valence-electron chi connectivity index (χ2n) is 5.01. The van der Waals surface area contributed by atoms with Gasteiger partial charge >= 0.3 is 0 Å². The quantitative estimate of drug-likeness (QED) is 0.385. The van der Waals surface area contributed by atoms with Gasteiger partial charge < -0.3 is 21.1 Å². The Kier molecular flexibility index (Phi) is 8.56. The van der Waals surface area contributed by atoms with E-state index in [4.69, 9.17) is 5.11 Å². The van der Waals surface area contributed by atoms with Gasteiger partial charge in [-0.2, -0.15) is 0 Å². The third-order valence-corrected chi connectivity index (χ3v) is 2.80. The maximum atomic E-state index is 11.5. The molecule has 0 saturated carbocycles. The lowest BCUT2D eigenvalue weighted by molar-refractivity contribution is -0.121. The molecular formula is C13H26N6O2. The van der Waals surface area contributed by atoms with Gasteiger partial charge in [-0.15, -0.1) is 5.10 Å². The molecule has 0 radical (unpaired) electrons. The highest BCUT2D eigenvalue weighted by Crippen LogP contribution is 1.93. The highest BCUT2D eigenvalue weighted by atomic mass is 16.3. The molecule has 1 aromatic rings. The molecule has 0 saturated heterocycles. The first-order chi connectivity index (χ1) is 10.1. The molecule has 1 amide bonds. The molecule has 1 heterocycles. The molecule has 0 aromatic carbocycles. The summed E-state index contributed by atoms with van der Waals surface area (Å²) in [6, 6.07) is 0. The predicted molar refractivity (Wildman–Crippen MR) is 79.6 cm³/mol. The monoisotopic (exact) mass is 298 g/mol. The summed E-state index contributed by atoms with van der Waals surface area (Å²) in [6.07, 6.45) is 2.75. The fourth-order valence-electron chi connectivity index (χ4n) is 1.78. The number of hydrogen-bond donors (Lipinski definition) is 4. The fraction of sp³-hybridized carbons (Fsp3) is 0.769. The van der Waals surface area contributed by atoms with Crippen LogP contribution in [0.4, 0.5) is 0 Å². The zero-order chi connectivity index (χ0) is 15.5. The van der Waals surface area contributed by atoms with Crippen molar-refractivity contribution in [1.82, 2.24) is 30.9 Å². The molecule has 0 aliphatic heterocycles. The highest BCUT2D eigenvalue weighted by Gasteiger charge is 2.02. The van der Waals surface area contributed by atoms with Crippen molar-refractivity contribution in [2.75, 3.05) is 26.7 Å². The smallest absolute Gasteiger partial charge is 0.221 e. The number of carbonyl (C=O) groups is 1. The first-order valence-corrected chi connectivity index (χ1v) is 7.31. The van der Waals surface area contributed by atoms with Crippen LogP contribution in [0.5, 0.6) is 0 Å². The van der Waals surface area contributed by atoms with E-state index in [2.05, 4.69) is 26.3 Å². The molecule has 21 heavy (non-hydrogen) atoms. The van der Waals surface area contributed by atoms with E-state index in [1.807, 2.05) is 13.2 Å². The predicted octanol–water partition coefficient (Wildman–Crippen LogP) is -1.14. The summed E-state index contributed by atoms with van der Waals surface area (Å²) in [5.41, 5.74) is 0.908. The van der Waals surface area contributed by atoms with Crippen molar-refractivity contribution in [2.45, 2.75) is 39.0 Å². The number of rotatable bonds is 11. The first kappa shape index (κ1) is 17.5. The van der Waals surface area contributed by atoms with E-state index in [1.54, 1.807) is 11.6 Å². The molecule has 0 bridgehead atoms. The second-order valence-corrected chi connectivity index (χ2v) is 5.01. The molecule has 8 nitrogen and oxygen atoms in total. The number of hydrogen-bond acceptors (Lipinski definition) is 6. The van der Waals surface area contributed by atoms with Gasteiger partial charge in [0.1, 0.15) is 0 Å². The molecule has 0 fully saturated rings. The van der Waals surface area contributed by atoms with E-state index in [0.717, 1.165) is 18.7 Å². The van der Waals surface area contributed by atoms with Crippen molar-refractivity contribution >= 4 is 5.91 Å². The van der Waals surface area contributed by atoms with Gasteiger partial charge in [-0.1, -0.05) is 5.21 Å². The number of aromatic nitrogens is 3. The lowest BCUT2D eigenvalue weighted by Crippen LogP contribution is -2.31. The fourth-order valence-corrected chi connectivity index (χ4v) is 1.78. The molecule has 8 heteroatoms. The van der Waals surface area contributed by atoms with Gasteiger partial charge in [-0.25, -0.2) is 0 Å². The Balaban J connectivity index is 2.03. The summed E-state index contributed by atoms with van der Waals surface area (Å²) in [6.45, 7) is 4.85. The minimum atomic E-state index is -0.386. The minimum absolute atomic E-state index is 0.0163. The summed E-state index contributed by atoms with van der Waals surface area (Å²) in [5, 5.41) is 26.0. The van der Waals surface area contributed by atoms with Gasteiger partial charge in [0.2, 0.25) is 5.91 Å². The van der Waals surface area contributed by atoms with Crippen molar-refractivity contribution in [2.24, 2.45) is 0 Å². The van der Waals surface area contributed by atoms with Crippen molar-refractivity contribution in [3.05, 3.63) is 11.9 Å². The molecular weight excluding hydrogens is 272 g/mol. The van der Waals surface area contributed by atoms with E-state index < -0.39 is 0 Å². The van der Waals surface area contributed by atoms with Crippen LogP contribution < -0.4 is 16.0 Å². The highest BCUT2D eigenvalue weighted by molar-refractivity contribution is 5.75. The van der Waals surface area contributed by atoms with Crippen LogP contribution in [0.3, 0.4) is 0 Å². The van der Waals surface area contributed by atoms with Crippen LogP contribution in [0.2, 0.25) is 0 Å². The molecule has 1 unspecified atom stereocenters. The number of aliphatic hydroxyl groups is 1. The van der Waals surface area contributed by atoms with Crippen molar-refractivity contribution in [1.29, 1.82) is 0 Å². The van der Waals surface area contributed by atoms with Gasteiger partial charge in [0.15, 0.2) is 0 Å². The summed E-state index contributed by atoms with van der Waals surface area (Å²) in [5.74, 6) is 0.0163. The largest absolute Gasteiger partial charge is 0.392 e. The summed E-state index contributed by atoms with van der Waals surface area (Å²) in [7, 11) is 1.87. The van der Waals surface area contributed by atoms with Crippen LogP contribution in [0.1, 0.15) is 25.5 Å². The molecule has 0 spiro atoms. The number of nitrogens with zero attached hydrogens (tertiary/aromatic N) is 3. The Hall–Kier alpha value is -1.51. The van der Waals surface area contributed by atoms with Crippen LogP contribution in [0.15, 0.2) is 6.20 Å². The standard InChI is InChI=1S/C13H26N6O2/c1-11(20)8-15-6-4-13(21)16-5-3-7-19-10-12(9-14-2)17-18-19/h10-11,14-15,20H,3-9H2,1-2H3,(H,16,21). The van der Waals surface area contributed by atoms with Crippen molar-refractivity contribution < 1.29 is 9.90 Å². The van der Waals surface area contributed by atoms with Gasteiger partial charge in [-0.05, 0) is 20.4 Å². The Morgan fingerprint density at radius 1 is 1.48 bits per heavy atom. The zero-order valence-electron chi connectivity index (χ0n) is 12.8. The van der Waals surface area contributed by atoms with Gasteiger partial charge in [0.25, 0.3) is 0 Å². The normalized spacial score (nSPS) is 12.3. The van der Waals surface area contributed by atoms with Crippen LogP contribution in [-0.4, -0.2) is 58.8 Å². The SMILES string of the molecule is CNCc1cn(CCCNC(=O)CCNCC(C)O)nn1. The number of carbonyl (C=O) groups excluding carboxylic acids is 1. The lowest BCUT2D eigenvalue weighted by atomic mass is 10.3. The van der Waals surface area contributed by atoms with Crippen LogP contribution >= 0.6 is 0 Å². The van der Waals surface area contributed by atoms with Crippen molar-refractivity contribution in [3.63, 3.8) is 0 Å². The molecule has 1 atom stereocenters. The number of amides is 1. The third kappa shape index (κ3) is 8.38. The van der Waals surface area contributed by atoms with Gasteiger partial charge in [0, 0.05) is 45.3 Å². The lowest BCUT2D eigenvalue weighted by Gasteiger charge is -2.07. The van der Waals surface area contributed by atoms with Gasteiger partial charge in [-0.3, -0.25) is 9.48 Å². The van der Waals surface area contributed by atoms with E-state index in [1.165, 1.54) is 0 Å². The second kappa shape index (κ2) is 10.3. The maximum absolute atomic E-state index is 11.5. The van der Waals surface area contributed by atoms with E-state index in [-0.39, 0.29) is 12.0 Å². The average molecular weight is 298 g/mol.